The highest BCUT2D eigenvalue weighted by atomic mass is 16.4. The van der Waals surface area contributed by atoms with E-state index in [0.717, 1.165) is 5.56 Å². The number of rotatable bonds is 5. The van der Waals surface area contributed by atoms with Crippen LogP contribution in [0.3, 0.4) is 0 Å². The SMILES string of the molecule is O=C([O-])CNC(=O)C[n+]1ccc(-c2ncccn2)cn1. The van der Waals surface area contributed by atoms with E-state index in [1.807, 2.05) is 0 Å². The van der Waals surface area contributed by atoms with Gasteiger partial charge in [-0.3, -0.25) is 4.79 Å². The van der Waals surface area contributed by atoms with Gasteiger partial charge in [0.15, 0.2) is 12.0 Å². The number of carboxylic acids is 1. The summed E-state index contributed by atoms with van der Waals surface area (Å²) in [6, 6.07) is 3.43. The molecule has 2 aromatic rings. The van der Waals surface area contributed by atoms with Gasteiger partial charge in [0.2, 0.25) is 0 Å². The van der Waals surface area contributed by atoms with Crippen molar-refractivity contribution in [2.45, 2.75) is 6.54 Å². The fourth-order valence-corrected chi connectivity index (χ4v) is 1.43. The zero-order valence-electron chi connectivity index (χ0n) is 10.4. The summed E-state index contributed by atoms with van der Waals surface area (Å²) in [6.07, 6.45) is 6.36. The number of nitrogens with one attached hydrogen (secondary N) is 1. The molecule has 2 aromatic heterocycles. The minimum absolute atomic E-state index is 0.0802. The van der Waals surface area contributed by atoms with Crippen LogP contribution in [0.1, 0.15) is 0 Å². The number of aliphatic carboxylic acids is 1. The standard InChI is InChI=1S/C12H11N5O3/c18-10(15-7-11(19)20)8-17-5-2-9(6-16-17)12-13-3-1-4-14-12/h1-6H,7-8H2,(H-,15,18,19,20). The number of aromatic nitrogens is 4. The van der Waals surface area contributed by atoms with Gasteiger partial charge in [0.1, 0.15) is 6.20 Å². The Morgan fingerprint density at radius 2 is 2.05 bits per heavy atom. The molecule has 8 nitrogen and oxygen atoms in total. The van der Waals surface area contributed by atoms with Crippen LogP contribution in [0.25, 0.3) is 11.4 Å². The Labute approximate surface area is 114 Å². The lowest BCUT2D eigenvalue weighted by molar-refractivity contribution is -0.742. The number of carbonyl (C=O) groups is 2. The maximum atomic E-state index is 11.4. The number of carbonyl (C=O) groups excluding carboxylic acids is 2. The molecule has 1 amide bonds. The summed E-state index contributed by atoms with van der Waals surface area (Å²) in [5, 5.41) is 16.4. The lowest BCUT2D eigenvalue weighted by Gasteiger charge is -2.02. The van der Waals surface area contributed by atoms with Gasteiger partial charge in [0.05, 0.1) is 12.5 Å². The monoisotopic (exact) mass is 273 g/mol. The summed E-state index contributed by atoms with van der Waals surface area (Å²) < 4.78 is 1.37. The molecule has 0 bridgehead atoms. The Balaban J connectivity index is 1.98. The van der Waals surface area contributed by atoms with Crippen LogP contribution >= 0.6 is 0 Å². The maximum absolute atomic E-state index is 11.4. The van der Waals surface area contributed by atoms with Crippen LogP contribution in [0, 0.1) is 0 Å². The molecule has 0 aliphatic rings. The van der Waals surface area contributed by atoms with Gasteiger partial charge < -0.3 is 15.2 Å². The first-order valence-electron chi connectivity index (χ1n) is 5.75. The number of hydrogen-bond donors (Lipinski definition) is 1. The van der Waals surface area contributed by atoms with E-state index >= 15 is 0 Å². The zero-order valence-corrected chi connectivity index (χ0v) is 10.4. The van der Waals surface area contributed by atoms with Crippen molar-refractivity contribution in [2.75, 3.05) is 6.54 Å². The molecule has 0 aliphatic heterocycles. The Bertz CT molecular complexity index is 600. The molecule has 0 saturated heterocycles. The second kappa shape index (κ2) is 6.32. The smallest absolute Gasteiger partial charge is 0.288 e. The highest BCUT2D eigenvalue weighted by molar-refractivity contribution is 5.79. The topological polar surface area (TPSA) is 112 Å². The van der Waals surface area contributed by atoms with E-state index in [-0.39, 0.29) is 6.54 Å². The normalized spacial score (nSPS) is 10.0. The van der Waals surface area contributed by atoms with Crippen molar-refractivity contribution in [2.24, 2.45) is 0 Å². The van der Waals surface area contributed by atoms with Crippen molar-refractivity contribution in [1.29, 1.82) is 0 Å². The Morgan fingerprint density at radius 1 is 1.30 bits per heavy atom. The number of hydrogen-bond acceptors (Lipinski definition) is 6. The molecule has 1 N–H and O–H groups in total. The van der Waals surface area contributed by atoms with E-state index in [9.17, 15) is 14.7 Å². The molecule has 0 aromatic carbocycles. The molecule has 20 heavy (non-hydrogen) atoms. The fourth-order valence-electron chi connectivity index (χ4n) is 1.43. The van der Waals surface area contributed by atoms with Crippen LogP contribution in [-0.4, -0.2) is 33.5 Å². The van der Waals surface area contributed by atoms with Crippen LogP contribution < -0.4 is 15.1 Å². The Hall–Kier alpha value is -2.90. The first-order chi connectivity index (χ1) is 9.65. The third-order valence-electron chi connectivity index (χ3n) is 2.33. The largest absolute Gasteiger partial charge is 0.548 e. The van der Waals surface area contributed by atoms with E-state index in [4.69, 9.17) is 0 Å². The fraction of sp³-hybridized carbons (Fsp3) is 0.167. The van der Waals surface area contributed by atoms with E-state index in [1.165, 1.54) is 10.9 Å². The van der Waals surface area contributed by atoms with Crippen molar-refractivity contribution in [3.8, 4) is 11.4 Å². The van der Waals surface area contributed by atoms with Gasteiger partial charge in [-0.2, -0.15) is 0 Å². The summed E-state index contributed by atoms with van der Waals surface area (Å²) in [5.41, 5.74) is 0.719. The number of nitrogens with zero attached hydrogens (tertiary/aromatic N) is 4. The van der Waals surface area contributed by atoms with Gasteiger partial charge in [-0.05, 0) is 11.2 Å². The first kappa shape index (κ1) is 13.5. The minimum Gasteiger partial charge on any atom is -0.548 e. The number of carboxylic acid groups (broad SMARTS) is 1. The molecule has 0 aliphatic carbocycles. The molecule has 0 unspecified atom stereocenters. The van der Waals surface area contributed by atoms with Crippen molar-refractivity contribution >= 4 is 11.9 Å². The number of amides is 1. The third kappa shape index (κ3) is 3.80. The van der Waals surface area contributed by atoms with E-state index in [2.05, 4.69) is 20.4 Å². The summed E-state index contributed by atoms with van der Waals surface area (Å²) in [5.74, 6) is -1.27. The molecule has 0 radical (unpaired) electrons. The molecule has 2 rings (SSSR count). The maximum Gasteiger partial charge on any atom is 0.288 e. The molecule has 0 saturated carbocycles. The second-order valence-electron chi connectivity index (χ2n) is 3.83. The average molecular weight is 273 g/mol. The molecular formula is C12H11N5O3. The highest BCUT2D eigenvalue weighted by Crippen LogP contribution is 2.08. The van der Waals surface area contributed by atoms with Gasteiger partial charge in [0, 0.05) is 24.0 Å². The second-order valence-corrected chi connectivity index (χ2v) is 3.83. The molecule has 0 spiro atoms. The predicted octanol–water partition coefficient (Wildman–Crippen LogP) is -2.31. The van der Waals surface area contributed by atoms with Crippen molar-refractivity contribution in [3.63, 3.8) is 0 Å². The summed E-state index contributed by atoms with van der Waals surface area (Å²) >= 11 is 0. The van der Waals surface area contributed by atoms with E-state index in [0.29, 0.717) is 5.82 Å². The van der Waals surface area contributed by atoms with Crippen molar-refractivity contribution < 1.29 is 19.4 Å². The minimum atomic E-state index is -1.34. The predicted molar refractivity (Wildman–Crippen MR) is 63.5 cm³/mol. The molecule has 2 heterocycles. The third-order valence-corrected chi connectivity index (χ3v) is 2.33. The Kier molecular flexibility index (Phi) is 4.28. The lowest BCUT2D eigenvalue weighted by atomic mass is 10.3. The average Bonchev–Trinajstić information content (AvgIpc) is 2.47. The molecular weight excluding hydrogens is 262 g/mol. The van der Waals surface area contributed by atoms with Gasteiger partial charge in [0.25, 0.3) is 12.5 Å². The van der Waals surface area contributed by atoms with Crippen LogP contribution in [0.4, 0.5) is 0 Å². The quantitative estimate of drug-likeness (QED) is 0.613. The van der Waals surface area contributed by atoms with Gasteiger partial charge in [-0.25, -0.2) is 9.97 Å². The Morgan fingerprint density at radius 3 is 2.65 bits per heavy atom. The van der Waals surface area contributed by atoms with Crippen molar-refractivity contribution in [1.82, 2.24) is 20.4 Å². The summed E-state index contributed by atoms with van der Waals surface area (Å²) in [7, 11) is 0. The van der Waals surface area contributed by atoms with Gasteiger partial charge in [-0.1, -0.05) is 4.68 Å². The van der Waals surface area contributed by atoms with E-state index < -0.39 is 18.4 Å². The summed E-state index contributed by atoms with van der Waals surface area (Å²) in [4.78, 5) is 29.7. The van der Waals surface area contributed by atoms with Gasteiger partial charge >= 0.3 is 0 Å². The van der Waals surface area contributed by atoms with Crippen LogP contribution in [-0.2, 0) is 16.1 Å². The highest BCUT2D eigenvalue weighted by Gasteiger charge is 2.11. The van der Waals surface area contributed by atoms with E-state index in [1.54, 1.807) is 30.7 Å². The molecule has 0 atom stereocenters. The van der Waals surface area contributed by atoms with Crippen LogP contribution in [0.15, 0.2) is 36.9 Å². The zero-order chi connectivity index (χ0) is 14.4. The lowest BCUT2D eigenvalue weighted by Crippen LogP contribution is -2.47. The van der Waals surface area contributed by atoms with Gasteiger partial charge in [-0.15, -0.1) is 0 Å². The molecule has 102 valence electrons. The van der Waals surface area contributed by atoms with Crippen LogP contribution in [0.2, 0.25) is 0 Å². The van der Waals surface area contributed by atoms with Crippen molar-refractivity contribution in [3.05, 3.63) is 36.9 Å². The van der Waals surface area contributed by atoms with Crippen LogP contribution in [0.5, 0.6) is 0 Å². The molecule has 8 heteroatoms. The molecule has 0 fully saturated rings. The summed E-state index contributed by atoms with van der Waals surface area (Å²) in [6.45, 7) is -0.599. The first-order valence-corrected chi connectivity index (χ1v) is 5.75.